The number of fused-ring (bicyclic) bond motifs is 1. The minimum absolute atomic E-state index is 0.155. The number of nitrogens with zero attached hydrogens (tertiary/aromatic N) is 5. The van der Waals surface area contributed by atoms with E-state index in [0.717, 1.165) is 29.7 Å². The Bertz CT molecular complexity index is 1220. The fraction of sp³-hybridized carbons (Fsp3) is 0.375. The molecule has 7 nitrogen and oxygen atoms in total. The van der Waals surface area contributed by atoms with Crippen molar-refractivity contribution in [2.24, 2.45) is 7.05 Å². The summed E-state index contributed by atoms with van der Waals surface area (Å²) in [5, 5.41) is 14.6. The van der Waals surface area contributed by atoms with Crippen LogP contribution in [-0.2, 0) is 13.5 Å². The Kier molecular flexibility index (Phi) is 4.49. The highest BCUT2D eigenvalue weighted by molar-refractivity contribution is 5.74. The molecule has 1 fully saturated rings. The highest BCUT2D eigenvalue weighted by Crippen LogP contribution is 2.45. The quantitative estimate of drug-likeness (QED) is 0.603. The first-order chi connectivity index (χ1) is 14.9. The van der Waals surface area contributed by atoms with Crippen LogP contribution in [0.2, 0.25) is 0 Å². The second kappa shape index (κ2) is 7.10. The lowest BCUT2D eigenvalue weighted by atomic mass is 9.83. The van der Waals surface area contributed by atoms with Gasteiger partial charge >= 0.3 is 0 Å². The van der Waals surface area contributed by atoms with Crippen LogP contribution in [0.1, 0.15) is 53.6 Å². The summed E-state index contributed by atoms with van der Waals surface area (Å²) in [6.45, 7) is 4.15. The second-order valence-electron chi connectivity index (χ2n) is 8.69. The van der Waals surface area contributed by atoms with E-state index in [2.05, 4.69) is 48.1 Å². The highest BCUT2D eigenvalue weighted by Gasteiger charge is 2.41. The normalized spacial score (nSPS) is 22.5. The number of nitrogen functional groups attached to an aromatic ring is 1. The van der Waals surface area contributed by atoms with E-state index in [1.54, 1.807) is 10.9 Å². The molecule has 3 aromatic rings. The Morgan fingerprint density at radius 1 is 1.26 bits per heavy atom. The molecule has 0 saturated carbocycles. The van der Waals surface area contributed by atoms with Crippen LogP contribution in [0.15, 0.2) is 30.5 Å². The van der Waals surface area contributed by atoms with Crippen LogP contribution in [0, 0.1) is 18.3 Å². The average molecular weight is 415 g/mol. The zero-order chi connectivity index (χ0) is 21.9. The van der Waals surface area contributed by atoms with Crippen molar-refractivity contribution in [2.45, 2.75) is 44.9 Å². The number of rotatable bonds is 0. The molecule has 0 spiro atoms. The van der Waals surface area contributed by atoms with Gasteiger partial charge in [-0.25, -0.2) is 4.98 Å². The van der Waals surface area contributed by atoms with Gasteiger partial charge in [-0.3, -0.25) is 9.58 Å². The van der Waals surface area contributed by atoms with E-state index in [9.17, 15) is 5.26 Å². The number of hydrogen-bond donors (Lipinski definition) is 1. The van der Waals surface area contributed by atoms with E-state index in [1.807, 2.05) is 20.0 Å². The van der Waals surface area contributed by atoms with Crippen LogP contribution in [0.3, 0.4) is 0 Å². The number of pyridine rings is 1. The fourth-order valence-corrected chi connectivity index (χ4v) is 4.90. The first-order valence-electron chi connectivity index (χ1n) is 10.6. The fourth-order valence-electron chi connectivity index (χ4n) is 4.90. The average Bonchev–Trinajstić information content (AvgIpc) is 3.07. The molecular weight excluding hydrogens is 388 g/mol. The highest BCUT2D eigenvalue weighted by atomic mass is 16.5. The maximum absolute atomic E-state index is 9.83. The maximum Gasteiger partial charge on any atom is 0.166 e. The zero-order valence-corrected chi connectivity index (χ0v) is 18.3. The Hall–Kier alpha value is -3.37. The molecule has 2 unspecified atom stereocenters. The van der Waals surface area contributed by atoms with E-state index in [4.69, 9.17) is 15.6 Å². The molecule has 31 heavy (non-hydrogen) atoms. The molecule has 2 N–H and O–H groups in total. The van der Waals surface area contributed by atoms with Gasteiger partial charge in [0.2, 0.25) is 0 Å². The van der Waals surface area contributed by atoms with Crippen molar-refractivity contribution in [3.05, 3.63) is 58.5 Å². The summed E-state index contributed by atoms with van der Waals surface area (Å²) in [4.78, 5) is 6.76. The summed E-state index contributed by atoms with van der Waals surface area (Å²) in [6, 6.07) is 11.3. The van der Waals surface area contributed by atoms with E-state index < -0.39 is 0 Å². The molecule has 3 aliphatic heterocycles. The van der Waals surface area contributed by atoms with Gasteiger partial charge in [0, 0.05) is 30.4 Å². The van der Waals surface area contributed by atoms with Crippen LogP contribution in [-0.4, -0.2) is 32.8 Å². The summed E-state index contributed by atoms with van der Waals surface area (Å²) in [5.41, 5.74) is 12.9. The van der Waals surface area contributed by atoms with E-state index in [0.29, 0.717) is 23.3 Å². The predicted molar refractivity (Wildman–Crippen MR) is 118 cm³/mol. The number of hydrogen-bond acceptors (Lipinski definition) is 6. The topological polar surface area (TPSA) is 93.0 Å². The SMILES string of the molecule is Cc1ccc2c(c1)[C@@H](C)Oc1cc(cnc1N)-c1c(nn(C)c1C#N)C1CC(C2)N1C. The molecule has 4 bridgehead atoms. The van der Waals surface area contributed by atoms with Crippen LogP contribution in [0.4, 0.5) is 5.82 Å². The lowest BCUT2D eigenvalue weighted by Crippen LogP contribution is -2.49. The summed E-state index contributed by atoms with van der Waals surface area (Å²) in [5.74, 6) is 0.862. The molecule has 158 valence electrons. The van der Waals surface area contributed by atoms with E-state index in [-0.39, 0.29) is 12.1 Å². The molecule has 5 heterocycles. The Morgan fingerprint density at radius 3 is 2.81 bits per heavy atom. The molecule has 0 aliphatic carbocycles. The first-order valence-corrected chi connectivity index (χ1v) is 10.6. The van der Waals surface area contributed by atoms with E-state index in [1.165, 1.54) is 16.7 Å². The van der Waals surface area contributed by atoms with Crippen LogP contribution in [0.5, 0.6) is 5.75 Å². The minimum atomic E-state index is -0.181. The van der Waals surface area contributed by atoms with Crippen molar-refractivity contribution in [3.63, 3.8) is 0 Å². The smallest absolute Gasteiger partial charge is 0.166 e. The van der Waals surface area contributed by atoms with Crippen LogP contribution < -0.4 is 10.5 Å². The number of aryl methyl sites for hydroxylation is 2. The van der Waals surface area contributed by atoms with Crippen molar-refractivity contribution in [2.75, 3.05) is 12.8 Å². The number of anilines is 1. The van der Waals surface area contributed by atoms with Gasteiger partial charge in [0.25, 0.3) is 0 Å². The standard InChI is InChI=1S/C24H26N6O/c1-13-5-6-15-8-17-10-19(29(17)3)23-22(20(11-25)30(4)28-23)16-9-21(24(26)27-12-16)31-14(2)18(15)7-13/h5-7,9,12,14,17,19H,8,10H2,1-4H3,(H2,26,27)/t14-,17?,19?/m1/s1. The number of aromatic nitrogens is 3. The summed E-state index contributed by atoms with van der Waals surface area (Å²) < 4.78 is 8.00. The molecular formula is C24H26N6O. The lowest BCUT2D eigenvalue weighted by molar-refractivity contribution is 0.0403. The lowest BCUT2D eigenvalue weighted by Gasteiger charge is -2.46. The third-order valence-corrected chi connectivity index (χ3v) is 6.73. The van der Waals surface area contributed by atoms with Gasteiger partial charge in [0.15, 0.2) is 11.6 Å². The maximum atomic E-state index is 9.83. The van der Waals surface area contributed by atoms with Gasteiger partial charge in [0.1, 0.15) is 17.9 Å². The van der Waals surface area contributed by atoms with Crippen LogP contribution >= 0.6 is 0 Å². The number of benzene rings is 1. The predicted octanol–water partition coefficient (Wildman–Crippen LogP) is 3.69. The van der Waals surface area contributed by atoms with Crippen molar-refractivity contribution >= 4 is 5.82 Å². The van der Waals surface area contributed by atoms with Crippen molar-refractivity contribution < 1.29 is 4.74 Å². The number of nitrogens with two attached hydrogens (primary N) is 1. The summed E-state index contributed by atoms with van der Waals surface area (Å²) in [6.07, 6.45) is 3.46. The molecule has 3 aliphatic rings. The summed E-state index contributed by atoms with van der Waals surface area (Å²) in [7, 11) is 3.96. The van der Waals surface area contributed by atoms with Crippen molar-refractivity contribution in [3.8, 4) is 22.9 Å². The van der Waals surface area contributed by atoms with Gasteiger partial charge in [-0.1, -0.05) is 23.8 Å². The monoisotopic (exact) mass is 414 g/mol. The molecule has 0 amide bonds. The van der Waals surface area contributed by atoms with Crippen molar-refractivity contribution in [1.82, 2.24) is 19.7 Å². The van der Waals surface area contributed by atoms with Crippen molar-refractivity contribution in [1.29, 1.82) is 5.26 Å². The number of nitriles is 1. The molecule has 1 aromatic carbocycles. The Morgan fingerprint density at radius 2 is 2.06 bits per heavy atom. The second-order valence-corrected chi connectivity index (χ2v) is 8.69. The molecule has 1 saturated heterocycles. The molecule has 2 aromatic heterocycles. The van der Waals surface area contributed by atoms with Gasteiger partial charge in [-0.15, -0.1) is 0 Å². The van der Waals surface area contributed by atoms with Gasteiger partial charge < -0.3 is 10.5 Å². The third kappa shape index (κ3) is 3.06. The molecule has 6 rings (SSSR count). The van der Waals surface area contributed by atoms with Crippen LogP contribution in [0.25, 0.3) is 11.1 Å². The zero-order valence-electron chi connectivity index (χ0n) is 18.3. The number of ether oxygens (including phenoxy) is 1. The largest absolute Gasteiger partial charge is 0.482 e. The molecule has 0 radical (unpaired) electrons. The minimum Gasteiger partial charge on any atom is -0.482 e. The summed E-state index contributed by atoms with van der Waals surface area (Å²) >= 11 is 0. The Balaban J connectivity index is 1.72. The number of likely N-dealkylation sites (N-methyl/N-ethyl adjacent to an activating group) is 1. The van der Waals surface area contributed by atoms with Gasteiger partial charge in [0.05, 0.1) is 11.7 Å². The molecule has 7 heteroatoms. The van der Waals surface area contributed by atoms with Gasteiger partial charge in [-0.05, 0) is 50.9 Å². The van der Waals surface area contributed by atoms with E-state index >= 15 is 0 Å². The molecule has 3 atom stereocenters. The third-order valence-electron chi connectivity index (χ3n) is 6.73. The van der Waals surface area contributed by atoms with Gasteiger partial charge in [-0.2, -0.15) is 10.4 Å². The first kappa shape index (κ1) is 19.6. The Labute approximate surface area is 182 Å².